The number of hydrogen-bond donors (Lipinski definition) is 0. The molecule has 1 aliphatic rings. The van der Waals surface area contributed by atoms with E-state index in [1.165, 1.54) is 7.11 Å². The molecule has 35 heavy (non-hydrogen) atoms. The molecule has 1 aromatic carbocycles. The lowest BCUT2D eigenvalue weighted by molar-refractivity contribution is 0.222. The summed E-state index contributed by atoms with van der Waals surface area (Å²) in [6.45, 7) is 2.92. The van der Waals surface area contributed by atoms with E-state index in [1.807, 2.05) is 18.2 Å². The van der Waals surface area contributed by atoms with Gasteiger partial charge in [-0.05, 0) is 31.5 Å². The monoisotopic (exact) mass is 472 g/mol. The number of hydrogen-bond acceptors (Lipinski definition) is 10. The number of ether oxygens (including phenoxy) is 2. The van der Waals surface area contributed by atoms with Crippen molar-refractivity contribution in [3.63, 3.8) is 0 Å². The van der Waals surface area contributed by atoms with Gasteiger partial charge in [-0.1, -0.05) is 17.3 Å². The van der Waals surface area contributed by atoms with Crippen LogP contribution in [-0.2, 0) is 19.6 Å². The maximum atomic E-state index is 9.15. The predicted molar refractivity (Wildman–Crippen MR) is 124 cm³/mol. The quantitative estimate of drug-likeness (QED) is 0.413. The molecular formula is C24H24N8O3. The number of methoxy groups -OCH3 is 2. The van der Waals surface area contributed by atoms with E-state index in [0.29, 0.717) is 41.8 Å². The van der Waals surface area contributed by atoms with Crippen LogP contribution in [0.4, 0.5) is 0 Å². The Hall–Kier alpha value is -4.30. The summed E-state index contributed by atoms with van der Waals surface area (Å²) in [4.78, 5) is 10.9. The fourth-order valence-electron chi connectivity index (χ4n) is 4.10. The van der Waals surface area contributed by atoms with Crippen LogP contribution < -0.4 is 9.47 Å². The largest absolute Gasteiger partial charge is 0.481 e. The first-order valence-corrected chi connectivity index (χ1v) is 11.2. The molecule has 0 N–H and O–H groups in total. The minimum atomic E-state index is 0.214. The molecule has 0 saturated heterocycles. The van der Waals surface area contributed by atoms with E-state index in [4.69, 9.17) is 19.3 Å². The lowest BCUT2D eigenvalue weighted by Gasteiger charge is -2.24. The molecule has 0 radical (unpaired) electrons. The van der Waals surface area contributed by atoms with Gasteiger partial charge in [0.05, 0.1) is 38.1 Å². The Morgan fingerprint density at radius 2 is 1.94 bits per heavy atom. The van der Waals surface area contributed by atoms with E-state index in [1.54, 1.807) is 25.3 Å². The Morgan fingerprint density at radius 3 is 2.77 bits per heavy atom. The van der Waals surface area contributed by atoms with E-state index in [-0.39, 0.29) is 6.01 Å². The lowest BCUT2D eigenvalue weighted by atomic mass is 10.1. The average Bonchev–Trinajstić information content (AvgIpc) is 3.51. The van der Waals surface area contributed by atoms with E-state index in [9.17, 15) is 0 Å². The van der Waals surface area contributed by atoms with Crippen molar-refractivity contribution in [1.29, 1.82) is 5.26 Å². The average molecular weight is 473 g/mol. The maximum Gasteiger partial charge on any atom is 0.320 e. The normalized spacial score (nSPS) is 14.0. The predicted octanol–water partition coefficient (Wildman–Crippen LogP) is 3.07. The first kappa shape index (κ1) is 22.5. The molecule has 0 fully saturated rings. The molecule has 178 valence electrons. The van der Waals surface area contributed by atoms with Crippen molar-refractivity contribution in [2.75, 3.05) is 20.8 Å². The summed E-state index contributed by atoms with van der Waals surface area (Å²) in [5.41, 5.74) is 2.83. The molecule has 0 unspecified atom stereocenters. The number of nitriles is 1. The summed E-state index contributed by atoms with van der Waals surface area (Å²) in [5.74, 6) is 2.55. The van der Waals surface area contributed by atoms with Crippen molar-refractivity contribution in [2.45, 2.75) is 32.5 Å². The Balaban J connectivity index is 1.37. The third-order valence-electron chi connectivity index (χ3n) is 5.82. The van der Waals surface area contributed by atoms with Crippen LogP contribution in [0.2, 0.25) is 0 Å². The fourth-order valence-corrected chi connectivity index (χ4v) is 4.10. The minimum Gasteiger partial charge on any atom is -0.481 e. The second-order valence-corrected chi connectivity index (χ2v) is 8.17. The van der Waals surface area contributed by atoms with E-state index < -0.39 is 0 Å². The van der Waals surface area contributed by atoms with Gasteiger partial charge in [0.25, 0.3) is 0 Å². The molecule has 1 aliphatic heterocycles. The highest BCUT2D eigenvalue weighted by molar-refractivity contribution is 5.59. The molecule has 5 rings (SSSR count). The van der Waals surface area contributed by atoms with Gasteiger partial charge in [-0.25, -0.2) is 0 Å². The first-order valence-electron chi connectivity index (χ1n) is 11.2. The smallest absolute Gasteiger partial charge is 0.320 e. The molecule has 11 nitrogen and oxygen atoms in total. The molecule has 11 heteroatoms. The highest BCUT2D eigenvalue weighted by atomic mass is 16.5. The summed E-state index contributed by atoms with van der Waals surface area (Å²) in [5, 5.41) is 22.3. The second-order valence-electron chi connectivity index (χ2n) is 8.17. The molecular weight excluding hydrogens is 448 g/mol. The highest BCUT2D eigenvalue weighted by Gasteiger charge is 2.22. The SMILES string of the molecule is COc1cc(-c2nnc3n2CCCCN(Cc2cc(-c4cccc(C#N)c4)on2)C3)nc(OC)n1. The topological polar surface area (TPSA) is 128 Å². The van der Waals surface area contributed by atoms with Gasteiger partial charge in [0, 0.05) is 30.8 Å². The number of nitrogens with zero attached hydrogens (tertiary/aromatic N) is 8. The Labute approximate surface area is 201 Å². The summed E-state index contributed by atoms with van der Waals surface area (Å²) < 4.78 is 18.2. The van der Waals surface area contributed by atoms with Crippen LogP contribution in [0.15, 0.2) is 40.9 Å². The van der Waals surface area contributed by atoms with E-state index in [0.717, 1.165) is 43.0 Å². The molecule has 0 spiro atoms. The molecule has 3 aromatic heterocycles. The standard InChI is InChI=1S/C24H24N8O3/c1-33-22-12-19(26-24(27-22)34-2)23-29-28-21-15-31(8-3-4-9-32(21)23)14-18-11-20(35-30-18)17-7-5-6-16(10-17)13-25/h5-7,10-12H,3-4,8-9,14-15H2,1-2H3. The molecule has 0 bridgehead atoms. The maximum absolute atomic E-state index is 9.15. The summed E-state index contributed by atoms with van der Waals surface area (Å²) in [6, 6.07) is 13.3. The lowest BCUT2D eigenvalue weighted by Crippen LogP contribution is -2.28. The summed E-state index contributed by atoms with van der Waals surface area (Å²) >= 11 is 0. The van der Waals surface area contributed by atoms with Crippen LogP contribution in [0.5, 0.6) is 11.9 Å². The van der Waals surface area contributed by atoms with Crippen LogP contribution in [0.25, 0.3) is 22.8 Å². The van der Waals surface area contributed by atoms with Crippen molar-refractivity contribution in [1.82, 2.24) is 34.8 Å². The second kappa shape index (κ2) is 9.90. The van der Waals surface area contributed by atoms with Crippen molar-refractivity contribution < 1.29 is 14.0 Å². The van der Waals surface area contributed by atoms with Crippen LogP contribution in [0, 0.1) is 11.3 Å². The zero-order valence-electron chi connectivity index (χ0n) is 19.5. The number of rotatable bonds is 6. The third kappa shape index (κ3) is 4.83. The molecule has 0 amide bonds. The van der Waals surface area contributed by atoms with Crippen LogP contribution in [0.3, 0.4) is 0 Å². The van der Waals surface area contributed by atoms with E-state index in [2.05, 4.69) is 40.9 Å². The fraction of sp³-hybridized carbons (Fsp3) is 0.333. The molecule has 0 saturated carbocycles. The van der Waals surface area contributed by atoms with Crippen molar-refractivity contribution in [3.05, 3.63) is 53.5 Å². The van der Waals surface area contributed by atoms with Gasteiger partial charge in [0.15, 0.2) is 11.6 Å². The summed E-state index contributed by atoms with van der Waals surface area (Å²) in [7, 11) is 3.06. The van der Waals surface area contributed by atoms with Gasteiger partial charge in [0.1, 0.15) is 11.5 Å². The molecule has 0 atom stereocenters. The van der Waals surface area contributed by atoms with Crippen LogP contribution >= 0.6 is 0 Å². The first-order chi connectivity index (χ1) is 17.2. The van der Waals surface area contributed by atoms with Crippen LogP contribution in [0.1, 0.15) is 29.9 Å². The number of benzene rings is 1. The molecule has 4 aromatic rings. The van der Waals surface area contributed by atoms with Crippen LogP contribution in [-0.4, -0.2) is 55.6 Å². The number of fused-ring (bicyclic) bond motifs is 1. The van der Waals surface area contributed by atoms with Crippen molar-refractivity contribution in [2.24, 2.45) is 0 Å². The zero-order chi connectivity index (χ0) is 24.2. The Morgan fingerprint density at radius 1 is 1.06 bits per heavy atom. The van der Waals surface area contributed by atoms with Gasteiger partial charge < -0.3 is 18.6 Å². The van der Waals surface area contributed by atoms with Crippen molar-refractivity contribution >= 4 is 0 Å². The Kier molecular flexibility index (Phi) is 6.36. The highest BCUT2D eigenvalue weighted by Crippen LogP contribution is 2.26. The minimum absolute atomic E-state index is 0.214. The summed E-state index contributed by atoms with van der Waals surface area (Å²) in [6.07, 6.45) is 1.99. The Bertz CT molecular complexity index is 1350. The van der Waals surface area contributed by atoms with Gasteiger partial charge >= 0.3 is 6.01 Å². The van der Waals surface area contributed by atoms with Gasteiger partial charge in [0.2, 0.25) is 5.88 Å². The zero-order valence-corrected chi connectivity index (χ0v) is 19.5. The molecule has 4 heterocycles. The van der Waals surface area contributed by atoms with E-state index >= 15 is 0 Å². The third-order valence-corrected chi connectivity index (χ3v) is 5.82. The van der Waals surface area contributed by atoms with Gasteiger partial charge in [-0.15, -0.1) is 10.2 Å². The van der Waals surface area contributed by atoms with Gasteiger partial charge in [-0.3, -0.25) is 4.90 Å². The molecule has 0 aliphatic carbocycles. The van der Waals surface area contributed by atoms with Crippen molar-refractivity contribution in [3.8, 4) is 40.8 Å². The van der Waals surface area contributed by atoms with Gasteiger partial charge in [-0.2, -0.15) is 15.2 Å². The number of aromatic nitrogens is 6.